The first-order valence-corrected chi connectivity index (χ1v) is 9.16. The average Bonchev–Trinajstić information content (AvgIpc) is 2.87. The Morgan fingerprint density at radius 3 is 2.74 bits per heavy atom. The Kier molecular flexibility index (Phi) is 10.9. The second-order valence-corrected chi connectivity index (χ2v) is 6.36. The molecule has 8 heteroatoms. The standard InChI is InChI=1S/C19H30N4O3.HI/c1-25-16-9-8-15(13-17(16)26-2)14-22-19(20)21-10-6-12-23-11-5-3-4-7-18(23)24;/h8-9,13H,3-7,10-12,14H2,1-2H3,(H3,20,21,22);1H. The summed E-state index contributed by atoms with van der Waals surface area (Å²) in [6.07, 6.45) is 4.81. The minimum Gasteiger partial charge on any atom is -0.493 e. The van der Waals surface area contributed by atoms with Gasteiger partial charge in [0.15, 0.2) is 17.5 Å². The zero-order chi connectivity index (χ0) is 18.8. The Bertz CT molecular complexity index is 625. The van der Waals surface area contributed by atoms with E-state index >= 15 is 0 Å². The molecule has 7 nitrogen and oxygen atoms in total. The van der Waals surface area contributed by atoms with Crippen LogP contribution in [-0.4, -0.2) is 50.6 Å². The topological polar surface area (TPSA) is 89.2 Å². The van der Waals surface area contributed by atoms with Crippen molar-refractivity contribution < 1.29 is 14.3 Å². The third-order valence-corrected chi connectivity index (χ3v) is 4.46. The lowest BCUT2D eigenvalue weighted by molar-refractivity contribution is -0.130. The Balaban J connectivity index is 0.00000364. The van der Waals surface area contributed by atoms with Crippen molar-refractivity contribution in [1.29, 1.82) is 0 Å². The second kappa shape index (κ2) is 12.6. The van der Waals surface area contributed by atoms with Crippen molar-refractivity contribution in [1.82, 2.24) is 10.2 Å². The van der Waals surface area contributed by atoms with Crippen molar-refractivity contribution in [2.45, 2.75) is 38.6 Å². The van der Waals surface area contributed by atoms with Crippen LogP contribution in [0, 0.1) is 0 Å². The number of ether oxygens (including phenoxy) is 2. The number of methoxy groups -OCH3 is 2. The van der Waals surface area contributed by atoms with Gasteiger partial charge in [-0.25, -0.2) is 4.99 Å². The van der Waals surface area contributed by atoms with Crippen molar-refractivity contribution in [2.24, 2.45) is 10.7 Å². The Morgan fingerprint density at radius 2 is 2.00 bits per heavy atom. The van der Waals surface area contributed by atoms with Gasteiger partial charge in [0, 0.05) is 26.1 Å². The molecule has 2 rings (SSSR count). The molecule has 152 valence electrons. The molecule has 0 radical (unpaired) electrons. The third-order valence-electron chi connectivity index (χ3n) is 4.46. The zero-order valence-electron chi connectivity index (χ0n) is 16.2. The fourth-order valence-corrected chi connectivity index (χ4v) is 2.97. The van der Waals surface area contributed by atoms with Gasteiger partial charge in [0.25, 0.3) is 0 Å². The molecular formula is C19H31IN4O3. The number of nitrogens with one attached hydrogen (secondary N) is 1. The average molecular weight is 490 g/mol. The number of nitrogens with two attached hydrogens (primary N) is 1. The van der Waals surface area contributed by atoms with Gasteiger partial charge in [-0.05, 0) is 37.0 Å². The minimum atomic E-state index is 0. The van der Waals surface area contributed by atoms with Gasteiger partial charge in [0.2, 0.25) is 5.91 Å². The molecular weight excluding hydrogens is 459 g/mol. The number of likely N-dealkylation sites (tertiary alicyclic amines) is 1. The minimum absolute atomic E-state index is 0. The first kappa shape index (κ1) is 23.3. The van der Waals surface area contributed by atoms with Crippen LogP contribution < -0.4 is 20.5 Å². The van der Waals surface area contributed by atoms with E-state index < -0.39 is 0 Å². The Labute approximate surface area is 178 Å². The molecule has 1 saturated heterocycles. The normalized spacial score (nSPS) is 15.0. The van der Waals surface area contributed by atoms with Gasteiger partial charge in [0.1, 0.15) is 0 Å². The van der Waals surface area contributed by atoms with Crippen molar-refractivity contribution in [2.75, 3.05) is 33.9 Å². The van der Waals surface area contributed by atoms with Crippen molar-refractivity contribution in [3.63, 3.8) is 0 Å². The SMILES string of the molecule is COc1ccc(CN=C(N)NCCCN2CCCCCC2=O)cc1OC.I. The summed E-state index contributed by atoms with van der Waals surface area (Å²) in [5.74, 6) is 2.04. The molecule has 0 aliphatic carbocycles. The lowest BCUT2D eigenvalue weighted by Gasteiger charge is -2.20. The van der Waals surface area contributed by atoms with E-state index in [0.29, 0.717) is 37.0 Å². The maximum absolute atomic E-state index is 11.9. The van der Waals surface area contributed by atoms with E-state index in [1.165, 1.54) is 0 Å². The monoisotopic (exact) mass is 490 g/mol. The van der Waals surface area contributed by atoms with Crippen LogP contribution in [0.4, 0.5) is 0 Å². The smallest absolute Gasteiger partial charge is 0.222 e. The summed E-state index contributed by atoms with van der Waals surface area (Å²) >= 11 is 0. The second-order valence-electron chi connectivity index (χ2n) is 6.36. The van der Waals surface area contributed by atoms with E-state index in [1.54, 1.807) is 14.2 Å². The zero-order valence-corrected chi connectivity index (χ0v) is 18.5. The summed E-state index contributed by atoms with van der Waals surface area (Å²) in [6.45, 7) is 2.81. The summed E-state index contributed by atoms with van der Waals surface area (Å²) in [7, 11) is 3.21. The van der Waals surface area contributed by atoms with Crippen molar-refractivity contribution in [3.8, 4) is 11.5 Å². The number of aliphatic imine (C=N–C) groups is 1. The predicted octanol–water partition coefficient (Wildman–Crippen LogP) is 2.52. The van der Waals surface area contributed by atoms with Gasteiger partial charge in [-0.15, -0.1) is 24.0 Å². The molecule has 1 aromatic rings. The molecule has 1 aromatic carbocycles. The van der Waals surface area contributed by atoms with Gasteiger partial charge < -0.3 is 25.4 Å². The molecule has 0 bridgehead atoms. The van der Waals surface area contributed by atoms with E-state index in [2.05, 4.69) is 10.3 Å². The predicted molar refractivity (Wildman–Crippen MR) is 118 cm³/mol. The van der Waals surface area contributed by atoms with Gasteiger partial charge in [0.05, 0.1) is 20.8 Å². The summed E-state index contributed by atoms with van der Waals surface area (Å²) < 4.78 is 10.5. The van der Waals surface area contributed by atoms with E-state index in [-0.39, 0.29) is 29.9 Å². The molecule has 1 heterocycles. The highest BCUT2D eigenvalue weighted by atomic mass is 127. The quantitative estimate of drug-likeness (QED) is 0.253. The van der Waals surface area contributed by atoms with E-state index in [4.69, 9.17) is 15.2 Å². The maximum Gasteiger partial charge on any atom is 0.222 e. The Hall–Kier alpha value is -1.71. The summed E-state index contributed by atoms with van der Waals surface area (Å²) in [5.41, 5.74) is 6.91. The van der Waals surface area contributed by atoms with Gasteiger partial charge >= 0.3 is 0 Å². The van der Waals surface area contributed by atoms with Crippen LogP contribution in [0.3, 0.4) is 0 Å². The fraction of sp³-hybridized carbons (Fsp3) is 0.579. The van der Waals surface area contributed by atoms with Crippen LogP contribution in [-0.2, 0) is 11.3 Å². The van der Waals surface area contributed by atoms with Crippen LogP contribution in [0.1, 0.15) is 37.7 Å². The lowest BCUT2D eigenvalue weighted by Crippen LogP contribution is -2.36. The number of guanidine groups is 1. The molecule has 0 aromatic heterocycles. The molecule has 0 saturated carbocycles. The summed E-state index contributed by atoms with van der Waals surface area (Å²) in [5, 5.41) is 3.11. The van der Waals surface area contributed by atoms with Crippen LogP contribution >= 0.6 is 24.0 Å². The fourth-order valence-electron chi connectivity index (χ4n) is 2.97. The molecule has 0 spiro atoms. The number of benzene rings is 1. The number of carbonyl (C=O) groups is 1. The number of hydrogen-bond acceptors (Lipinski definition) is 4. The van der Waals surface area contributed by atoms with Crippen molar-refractivity contribution in [3.05, 3.63) is 23.8 Å². The first-order valence-electron chi connectivity index (χ1n) is 9.16. The number of carbonyl (C=O) groups excluding carboxylic acids is 1. The largest absolute Gasteiger partial charge is 0.493 e. The molecule has 0 unspecified atom stereocenters. The highest BCUT2D eigenvalue weighted by Gasteiger charge is 2.15. The molecule has 3 N–H and O–H groups in total. The number of amides is 1. The van der Waals surface area contributed by atoms with Crippen LogP contribution in [0.25, 0.3) is 0 Å². The molecule has 0 atom stereocenters. The van der Waals surface area contributed by atoms with Crippen LogP contribution in [0.2, 0.25) is 0 Å². The molecule has 1 amide bonds. The molecule has 1 fully saturated rings. The van der Waals surface area contributed by atoms with E-state index in [1.807, 2.05) is 23.1 Å². The third kappa shape index (κ3) is 7.82. The number of halogens is 1. The molecule has 1 aliphatic heterocycles. The van der Waals surface area contributed by atoms with Crippen molar-refractivity contribution >= 4 is 35.8 Å². The lowest BCUT2D eigenvalue weighted by atomic mass is 10.2. The van der Waals surface area contributed by atoms with E-state index in [9.17, 15) is 4.79 Å². The Morgan fingerprint density at radius 1 is 1.22 bits per heavy atom. The number of nitrogens with zero attached hydrogens (tertiary/aromatic N) is 2. The molecule has 27 heavy (non-hydrogen) atoms. The van der Waals surface area contributed by atoms with Gasteiger partial charge in [-0.1, -0.05) is 12.5 Å². The van der Waals surface area contributed by atoms with Crippen LogP contribution in [0.5, 0.6) is 11.5 Å². The summed E-state index contributed by atoms with van der Waals surface area (Å²) in [6, 6.07) is 5.68. The molecule has 1 aliphatic rings. The highest BCUT2D eigenvalue weighted by Crippen LogP contribution is 2.27. The highest BCUT2D eigenvalue weighted by molar-refractivity contribution is 14.0. The van der Waals surface area contributed by atoms with Crippen LogP contribution in [0.15, 0.2) is 23.2 Å². The summed E-state index contributed by atoms with van der Waals surface area (Å²) in [4.78, 5) is 18.2. The first-order chi connectivity index (χ1) is 12.6. The number of rotatable bonds is 8. The van der Waals surface area contributed by atoms with E-state index in [0.717, 1.165) is 44.3 Å². The van der Waals surface area contributed by atoms with Gasteiger partial charge in [-0.2, -0.15) is 0 Å². The number of hydrogen-bond donors (Lipinski definition) is 2. The van der Waals surface area contributed by atoms with Gasteiger partial charge in [-0.3, -0.25) is 4.79 Å². The maximum atomic E-state index is 11.9.